The number of nitrogens with two attached hydrogens (primary N) is 1. The van der Waals surface area contributed by atoms with Gasteiger partial charge in [-0.1, -0.05) is 37.1 Å². The molecule has 212 valence electrons. The van der Waals surface area contributed by atoms with Gasteiger partial charge in [0, 0.05) is 11.5 Å². The molecule has 1 amide bonds. The lowest BCUT2D eigenvalue weighted by Gasteiger charge is -2.39. The Hall–Kier alpha value is -3.65. The highest BCUT2D eigenvalue weighted by atomic mass is 16.6. The number of amides is 1. The molecule has 0 bridgehead atoms. The van der Waals surface area contributed by atoms with Crippen LogP contribution in [0.3, 0.4) is 0 Å². The molecule has 0 aliphatic heterocycles. The summed E-state index contributed by atoms with van der Waals surface area (Å²) in [4.78, 5) is 11.1. The second kappa shape index (κ2) is 11.5. The van der Waals surface area contributed by atoms with Gasteiger partial charge in [0.25, 0.3) is 0 Å². The number of aromatic nitrogens is 2. The minimum Gasteiger partial charge on any atom is -0.490 e. The monoisotopic (exact) mass is 545 g/mol. The standard InChI is InChI=1S/C32H39N3O5/c1-21(36)28-14-15-29(35-34-28)39-26-12-8-24(9-13-26)32(16-4-5-17-32)23-6-10-25(11-7-23)38-27-18-22(19-27)20-31(2,3)40-30(33)37/h6-15,21-22,27,36H,4-5,16-20H2,1-3H3,(H2,33,37)/t21-,22?,27?/m1/s1. The number of primary amides is 1. The third-order valence-electron chi connectivity index (χ3n) is 8.23. The van der Waals surface area contributed by atoms with Crippen molar-refractivity contribution >= 4 is 6.09 Å². The minimum atomic E-state index is -0.726. The minimum absolute atomic E-state index is 0.0245. The molecule has 1 atom stereocenters. The van der Waals surface area contributed by atoms with Crippen LogP contribution in [0, 0.1) is 5.92 Å². The van der Waals surface area contributed by atoms with Crippen molar-refractivity contribution in [2.75, 3.05) is 0 Å². The highest BCUT2D eigenvalue weighted by Gasteiger charge is 2.38. The van der Waals surface area contributed by atoms with Gasteiger partial charge >= 0.3 is 6.09 Å². The summed E-state index contributed by atoms with van der Waals surface area (Å²) < 4.78 is 17.4. The highest BCUT2D eigenvalue weighted by molar-refractivity contribution is 5.65. The number of carbonyl (C=O) groups is 1. The lowest BCUT2D eigenvalue weighted by Crippen LogP contribution is -2.40. The van der Waals surface area contributed by atoms with E-state index in [-0.39, 0.29) is 11.5 Å². The molecule has 8 heteroatoms. The van der Waals surface area contributed by atoms with E-state index in [1.807, 2.05) is 26.0 Å². The maximum absolute atomic E-state index is 11.1. The van der Waals surface area contributed by atoms with Crippen molar-refractivity contribution in [2.45, 2.75) is 88.9 Å². The van der Waals surface area contributed by atoms with E-state index in [1.165, 1.54) is 24.0 Å². The van der Waals surface area contributed by atoms with E-state index < -0.39 is 17.8 Å². The first-order valence-electron chi connectivity index (χ1n) is 14.2. The van der Waals surface area contributed by atoms with E-state index in [0.29, 0.717) is 23.2 Å². The van der Waals surface area contributed by atoms with Gasteiger partial charge < -0.3 is 25.1 Å². The Morgan fingerprint density at radius 2 is 1.57 bits per heavy atom. The molecule has 2 fully saturated rings. The molecule has 8 nitrogen and oxygen atoms in total. The predicted molar refractivity (Wildman–Crippen MR) is 151 cm³/mol. The molecular weight excluding hydrogens is 506 g/mol. The summed E-state index contributed by atoms with van der Waals surface area (Å²) >= 11 is 0. The Morgan fingerprint density at radius 1 is 0.975 bits per heavy atom. The van der Waals surface area contributed by atoms with Crippen LogP contribution in [0.2, 0.25) is 0 Å². The number of nitrogens with zero attached hydrogens (tertiary/aromatic N) is 2. The number of ether oxygens (including phenoxy) is 3. The topological polar surface area (TPSA) is 117 Å². The van der Waals surface area contributed by atoms with E-state index >= 15 is 0 Å². The second-order valence-electron chi connectivity index (χ2n) is 11.9. The van der Waals surface area contributed by atoms with Gasteiger partial charge in [0.1, 0.15) is 17.1 Å². The van der Waals surface area contributed by atoms with Crippen molar-refractivity contribution in [2.24, 2.45) is 11.7 Å². The van der Waals surface area contributed by atoms with Gasteiger partial charge in [-0.2, -0.15) is 0 Å². The van der Waals surface area contributed by atoms with Gasteiger partial charge in [-0.15, -0.1) is 10.2 Å². The highest BCUT2D eigenvalue weighted by Crippen LogP contribution is 2.47. The Morgan fingerprint density at radius 3 is 2.10 bits per heavy atom. The van der Waals surface area contributed by atoms with Crippen LogP contribution >= 0.6 is 0 Å². The fourth-order valence-corrected chi connectivity index (χ4v) is 6.28. The lowest BCUT2D eigenvalue weighted by atomic mass is 9.73. The Kier molecular flexibility index (Phi) is 7.99. The van der Waals surface area contributed by atoms with E-state index in [9.17, 15) is 9.90 Å². The molecule has 2 aromatic carbocycles. The van der Waals surface area contributed by atoms with Crippen molar-refractivity contribution in [1.82, 2.24) is 10.2 Å². The molecule has 0 radical (unpaired) electrons. The van der Waals surface area contributed by atoms with Crippen LogP contribution in [0.25, 0.3) is 0 Å². The summed E-state index contributed by atoms with van der Waals surface area (Å²) in [5, 5.41) is 17.7. The first kappa shape index (κ1) is 27.9. The summed E-state index contributed by atoms with van der Waals surface area (Å²) in [6.07, 6.45) is 6.07. The zero-order valence-corrected chi connectivity index (χ0v) is 23.5. The fourth-order valence-electron chi connectivity index (χ4n) is 6.28. The SMILES string of the molecule is C[C@@H](O)c1ccc(Oc2ccc(C3(c4ccc(OC5CC(CC(C)(C)OC(N)=O)C5)cc4)CCCC3)cc2)nn1. The third kappa shape index (κ3) is 6.39. The van der Waals surface area contributed by atoms with Gasteiger partial charge in [0.2, 0.25) is 5.88 Å². The predicted octanol–water partition coefficient (Wildman–Crippen LogP) is 6.60. The molecule has 2 aliphatic carbocycles. The largest absolute Gasteiger partial charge is 0.490 e. The summed E-state index contributed by atoms with van der Waals surface area (Å²) in [6, 6.07) is 20.3. The molecule has 2 aliphatic rings. The molecule has 2 saturated carbocycles. The molecule has 0 spiro atoms. The second-order valence-corrected chi connectivity index (χ2v) is 11.9. The van der Waals surface area contributed by atoms with E-state index in [1.54, 1.807) is 19.1 Å². The van der Waals surface area contributed by atoms with Crippen LogP contribution in [0.4, 0.5) is 4.79 Å². The summed E-state index contributed by atoms with van der Waals surface area (Å²) in [5.74, 6) is 2.44. The molecule has 0 saturated heterocycles. The molecule has 1 heterocycles. The van der Waals surface area contributed by atoms with Crippen molar-refractivity contribution < 1.29 is 24.1 Å². The van der Waals surface area contributed by atoms with Gasteiger partial charge in [-0.05, 0) is 100 Å². The lowest BCUT2D eigenvalue weighted by molar-refractivity contribution is -0.0131. The van der Waals surface area contributed by atoms with Crippen molar-refractivity contribution in [1.29, 1.82) is 0 Å². The van der Waals surface area contributed by atoms with Crippen molar-refractivity contribution in [3.63, 3.8) is 0 Å². The number of aliphatic hydroxyl groups excluding tert-OH is 1. The summed E-state index contributed by atoms with van der Waals surface area (Å²) in [6.45, 7) is 5.45. The van der Waals surface area contributed by atoms with Crippen molar-refractivity contribution in [3.8, 4) is 17.4 Å². The molecule has 3 N–H and O–H groups in total. The van der Waals surface area contributed by atoms with Crippen LogP contribution < -0.4 is 15.2 Å². The normalized spacial score (nSPS) is 20.8. The van der Waals surface area contributed by atoms with Crippen LogP contribution in [-0.4, -0.2) is 33.1 Å². The van der Waals surface area contributed by atoms with E-state index in [2.05, 4.69) is 46.6 Å². The first-order chi connectivity index (χ1) is 19.1. The Bertz CT molecular complexity index is 1280. The Labute approximate surface area is 235 Å². The Balaban J connectivity index is 1.20. The third-order valence-corrected chi connectivity index (χ3v) is 8.23. The first-order valence-corrected chi connectivity index (χ1v) is 14.2. The van der Waals surface area contributed by atoms with Crippen LogP contribution in [0.5, 0.6) is 17.4 Å². The number of carbonyl (C=O) groups excluding carboxylic acids is 1. The molecule has 40 heavy (non-hydrogen) atoms. The van der Waals surface area contributed by atoms with E-state index in [4.69, 9.17) is 19.9 Å². The van der Waals surface area contributed by atoms with Crippen molar-refractivity contribution in [3.05, 3.63) is 77.5 Å². The number of aliphatic hydroxyl groups is 1. The maximum Gasteiger partial charge on any atom is 0.405 e. The number of hydrogen-bond acceptors (Lipinski definition) is 7. The number of rotatable bonds is 10. The summed E-state index contributed by atoms with van der Waals surface area (Å²) in [5.41, 5.74) is 7.71. The average Bonchev–Trinajstić information content (AvgIpc) is 3.39. The van der Waals surface area contributed by atoms with Crippen LogP contribution in [-0.2, 0) is 10.2 Å². The van der Waals surface area contributed by atoms with Gasteiger partial charge in [-0.25, -0.2) is 4.79 Å². The van der Waals surface area contributed by atoms with Crippen LogP contribution in [0.15, 0.2) is 60.7 Å². The number of benzene rings is 2. The quantitative estimate of drug-likeness (QED) is 0.295. The summed E-state index contributed by atoms with van der Waals surface area (Å²) in [7, 11) is 0. The van der Waals surface area contributed by atoms with Gasteiger partial charge in [0.05, 0.1) is 17.9 Å². The molecular formula is C32H39N3O5. The molecule has 0 unspecified atom stereocenters. The molecule has 1 aromatic heterocycles. The zero-order chi connectivity index (χ0) is 28.3. The van der Waals surface area contributed by atoms with E-state index in [0.717, 1.165) is 37.9 Å². The van der Waals surface area contributed by atoms with Crippen LogP contribution in [0.1, 0.15) is 88.6 Å². The zero-order valence-electron chi connectivity index (χ0n) is 23.5. The fraction of sp³-hybridized carbons (Fsp3) is 0.469. The smallest absolute Gasteiger partial charge is 0.405 e. The maximum atomic E-state index is 11.1. The average molecular weight is 546 g/mol. The number of hydrogen-bond donors (Lipinski definition) is 2. The van der Waals surface area contributed by atoms with Gasteiger partial charge in [-0.3, -0.25) is 0 Å². The van der Waals surface area contributed by atoms with Gasteiger partial charge in [0.15, 0.2) is 0 Å². The molecule has 5 rings (SSSR count). The molecule has 3 aromatic rings.